The zero-order valence-corrected chi connectivity index (χ0v) is 19.9. The molecule has 9 heteroatoms. The topological polar surface area (TPSA) is 88.5 Å². The molecule has 2 aliphatic heterocycles. The first-order chi connectivity index (χ1) is 16.4. The Bertz CT molecular complexity index is 1100. The maximum Gasteiger partial charge on any atom is 0.295 e. The molecule has 180 valence electrons. The second kappa shape index (κ2) is 10.5. The van der Waals surface area contributed by atoms with Crippen LogP contribution >= 0.6 is 11.6 Å². The number of methoxy groups -OCH3 is 2. The predicted octanol–water partition coefficient (Wildman–Crippen LogP) is 3.11. The number of morpholine rings is 1. The van der Waals surface area contributed by atoms with Gasteiger partial charge in [-0.3, -0.25) is 14.5 Å². The molecule has 2 saturated heterocycles. The second-order valence-corrected chi connectivity index (χ2v) is 8.50. The summed E-state index contributed by atoms with van der Waals surface area (Å²) in [7, 11) is 3.06. The third kappa shape index (κ3) is 4.75. The van der Waals surface area contributed by atoms with E-state index in [1.165, 1.54) is 12.0 Å². The lowest BCUT2D eigenvalue weighted by Crippen LogP contribution is -2.42. The molecular formula is C25H27ClN2O6. The second-order valence-electron chi connectivity index (χ2n) is 8.06. The molecule has 1 N–H and O–H groups in total. The van der Waals surface area contributed by atoms with Crippen molar-refractivity contribution in [2.75, 3.05) is 53.6 Å². The van der Waals surface area contributed by atoms with Crippen LogP contribution in [0.1, 0.15) is 17.2 Å². The van der Waals surface area contributed by atoms with Gasteiger partial charge in [-0.2, -0.15) is 0 Å². The fourth-order valence-electron chi connectivity index (χ4n) is 4.32. The Kier molecular flexibility index (Phi) is 7.41. The minimum absolute atomic E-state index is 0.0118. The molecule has 8 nitrogen and oxygen atoms in total. The van der Waals surface area contributed by atoms with Gasteiger partial charge in [-0.1, -0.05) is 11.6 Å². The molecule has 4 rings (SSSR count). The van der Waals surface area contributed by atoms with E-state index in [4.69, 9.17) is 25.8 Å². The number of benzene rings is 2. The SMILES string of the molecule is COc1ccc(C2C(=C(O)c3ccc(Cl)cc3)C(=O)C(=O)N2CCN2CCOCC2)c(OC)c1. The summed E-state index contributed by atoms with van der Waals surface area (Å²) < 4.78 is 16.3. The van der Waals surface area contributed by atoms with Gasteiger partial charge in [0.1, 0.15) is 17.3 Å². The Labute approximate surface area is 203 Å². The van der Waals surface area contributed by atoms with Crippen molar-refractivity contribution >= 4 is 29.1 Å². The zero-order chi connectivity index (χ0) is 24.2. The Morgan fingerprint density at radius 2 is 1.76 bits per heavy atom. The summed E-state index contributed by atoms with van der Waals surface area (Å²) >= 11 is 5.99. The van der Waals surface area contributed by atoms with Crippen LogP contribution in [0, 0.1) is 0 Å². The van der Waals surface area contributed by atoms with Gasteiger partial charge in [-0.15, -0.1) is 0 Å². The number of Topliss-reactive ketones (excluding diaryl/α,β-unsaturated/α-hetero) is 1. The number of halogens is 1. The first-order valence-electron chi connectivity index (χ1n) is 11.0. The molecule has 1 atom stereocenters. The molecule has 2 heterocycles. The van der Waals surface area contributed by atoms with E-state index in [0.717, 1.165) is 13.1 Å². The number of ether oxygens (including phenoxy) is 3. The maximum absolute atomic E-state index is 13.2. The number of likely N-dealkylation sites (tertiary alicyclic amines) is 1. The van der Waals surface area contributed by atoms with Crippen LogP contribution < -0.4 is 9.47 Å². The highest BCUT2D eigenvalue weighted by molar-refractivity contribution is 6.46. The third-order valence-corrected chi connectivity index (χ3v) is 6.41. The van der Waals surface area contributed by atoms with Gasteiger partial charge in [-0.05, 0) is 36.4 Å². The number of hydrogen-bond acceptors (Lipinski definition) is 7. The number of carbonyl (C=O) groups excluding carboxylic acids is 2. The first kappa shape index (κ1) is 24.1. The van der Waals surface area contributed by atoms with Crippen molar-refractivity contribution in [3.63, 3.8) is 0 Å². The van der Waals surface area contributed by atoms with Crippen LogP contribution in [-0.4, -0.2) is 80.2 Å². The monoisotopic (exact) mass is 486 g/mol. The third-order valence-electron chi connectivity index (χ3n) is 6.15. The van der Waals surface area contributed by atoms with Crippen molar-refractivity contribution in [1.82, 2.24) is 9.80 Å². The molecule has 0 aromatic heterocycles. The van der Waals surface area contributed by atoms with Gasteiger partial charge in [0.05, 0.1) is 39.0 Å². The van der Waals surface area contributed by atoms with Gasteiger partial charge >= 0.3 is 0 Å². The highest BCUT2D eigenvalue weighted by Crippen LogP contribution is 2.43. The van der Waals surface area contributed by atoms with Crippen LogP contribution in [0.2, 0.25) is 5.02 Å². The van der Waals surface area contributed by atoms with Crippen molar-refractivity contribution in [3.8, 4) is 11.5 Å². The van der Waals surface area contributed by atoms with Crippen LogP contribution in [0.3, 0.4) is 0 Å². The largest absolute Gasteiger partial charge is 0.507 e. The smallest absolute Gasteiger partial charge is 0.295 e. The van der Waals surface area contributed by atoms with Gasteiger partial charge in [-0.25, -0.2) is 0 Å². The van der Waals surface area contributed by atoms with Crippen molar-refractivity contribution < 1.29 is 28.9 Å². The Morgan fingerprint density at radius 3 is 2.41 bits per heavy atom. The van der Waals surface area contributed by atoms with E-state index in [1.54, 1.807) is 49.6 Å². The number of carbonyl (C=O) groups is 2. The molecule has 2 fully saturated rings. The Balaban J connectivity index is 1.79. The number of nitrogens with zero attached hydrogens (tertiary/aromatic N) is 2. The number of amides is 1. The van der Waals surface area contributed by atoms with Crippen molar-refractivity contribution in [3.05, 3.63) is 64.2 Å². The molecule has 34 heavy (non-hydrogen) atoms. The lowest BCUT2D eigenvalue weighted by Gasteiger charge is -2.31. The van der Waals surface area contributed by atoms with Crippen LogP contribution in [0.4, 0.5) is 0 Å². The molecule has 0 radical (unpaired) electrons. The number of aliphatic hydroxyl groups is 1. The molecule has 0 spiro atoms. The minimum atomic E-state index is -0.822. The molecule has 0 saturated carbocycles. The van der Waals surface area contributed by atoms with Crippen molar-refractivity contribution in [2.45, 2.75) is 6.04 Å². The number of rotatable bonds is 7. The van der Waals surface area contributed by atoms with E-state index < -0.39 is 17.7 Å². The van der Waals surface area contributed by atoms with Gasteiger partial charge in [0.15, 0.2) is 0 Å². The van der Waals surface area contributed by atoms with Gasteiger partial charge < -0.3 is 24.2 Å². The van der Waals surface area contributed by atoms with E-state index >= 15 is 0 Å². The molecule has 1 amide bonds. The first-order valence-corrected chi connectivity index (χ1v) is 11.4. The minimum Gasteiger partial charge on any atom is -0.507 e. The summed E-state index contributed by atoms with van der Waals surface area (Å²) in [5, 5.41) is 11.7. The fourth-order valence-corrected chi connectivity index (χ4v) is 4.44. The van der Waals surface area contributed by atoms with Gasteiger partial charge in [0.25, 0.3) is 11.7 Å². The Hall–Kier alpha value is -3.07. The molecular weight excluding hydrogens is 460 g/mol. The number of aliphatic hydroxyl groups excluding tert-OH is 1. The summed E-state index contributed by atoms with van der Waals surface area (Å²) in [6.07, 6.45) is 0. The van der Waals surface area contributed by atoms with E-state index in [0.29, 0.717) is 54.0 Å². The molecule has 2 aromatic carbocycles. The van der Waals surface area contributed by atoms with E-state index in [9.17, 15) is 14.7 Å². The standard InChI is InChI=1S/C25H27ClN2O6/c1-32-18-7-8-19(20(15-18)33-2)22-21(23(29)16-3-5-17(26)6-4-16)24(30)25(31)28(22)10-9-27-11-13-34-14-12-27/h3-8,15,22,29H,9-14H2,1-2H3. The van der Waals surface area contributed by atoms with Gasteiger partial charge in [0.2, 0.25) is 0 Å². The van der Waals surface area contributed by atoms with Crippen molar-refractivity contribution in [1.29, 1.82) is 0 Å². The molecule has 0 aliphatic carbocycles. The van der Waals surface area contributed by atoms with E-state index in [2.05, 4.69) is 4.90 Å². The Morgan fingerprint density at radius 1 is 1.06 bits per heavy atom. The van der Waals surface area contributed by atoms with E-state index in [-0.39, 0.29) is 11.3 Å². The summed E-state index contributed by atoms with van der Waals surface area (Å²) in [6.45, 7) is 3.65. The van der Waals surface area contributed by atoms with Crippen molar-refractivity contribution in [2.24, 2.45) is 0 Å². The molecule has 2 aromatic rings. The summed E-state index contributed by atoms with van der Waals surface area (Å²) in [6, 6.07) is 10.8. The normalized spacial score (nSPS) is 20.6. The molecule has 1 unspecified atom stereocenters. The van der Waals surface area contributed by atoms with Crippen LogP contribution in [0.5, 0.6) is 11.5 Å². The molecule has 2 aliphatic rings. The average Bonchev–Trinajstić information content (AvgIpc) is 3.12. The lowest BCUT2D eigenvalue weighted by atomic mass is 9.94. The van der Waals surface area contributed by atoms with Gasteiger partial charge in [0, 0.05) is 48.4 Å². The zero-order valence-electron chi connectivity index (χ0n) is 19.1. The average molecular weight is 487 g/mol. The quantitative estimate of drug-likeness (QED) is 0.365. The summed E-state index contributed by atoms with van der Waals surface area (Å²) in [4.78, 5) is 30.1. The summed E-state index contributed by atoms with van der Waals surface area (Å²) in [5.41, 5.74) is 0.991. The number of hydrogen-bond donors (Lipinski definition) is 1. The lowest BCUT2D eigenvalue weighted by molar-refractivity contribution is -0.140. The summed E-state index contributed by atoms with van der Waals surface area (Å²) in [5.74, 6) is -0.635. The highest BCUT2D eigenvalue weighted by atomic mass is 35.5. The van der Waals surface area contributed by atoms with E-state index in [1.807, 2.05) is 0 Å². The number of ketones is 1. The maximum atomic E-state index is 13.2. The fraction of sp³-hybridized carbons (Fsp3) is 0.360. The van der Waals surface area contributed by atoms with Crippen LogP contribution in [0.15, 0.2) is 48.0 Å². The van der Waals surface area contributed by atoms with Crippen LogP contribution in [0.25, 0.3) is 5.76 Å². The molecule has 0 bridgehead atoms. The predicted molar refractivity (Wildman–Crippen MR) is 127 cm³/mol. The van der Waals surface area contributed by atoms with Crippen LogP contribution in [-0.2, 0) is 14.3 Å². The highest BCUT2D eigenvalue weighted by Gasteiger charge is 2.47.